The number of benzene rings is 1. The fourth-order valence-corrected chi connectivity index (χ4v) is 2.68. The summed E-state index contributed by atoms with van der Waals surface area (Å²) in [4.78, 5) is 17.6. The summed E-state index contributed by atoms with van der Waals surface area (Å²) in [5, 5.41) is 11.1. The molecule has 2 heterocycles. The first-order valence-electron chi connectivity index (χ1n) is 7.66. The number of hydrogen-bond acceptors (Lipinski definition) is 4. The standard InChI is InChI=1S/C17H20N4O2/c1-12-16(11-21(2)19-12)17(22)18-10-14-9-15(23-20-14)8-13-6-4-3-5-7-13/h3-7,11,15H,8-10H2,1-2H3,(H,18,22). The van der Waals surface area contributed by atoms with Crippen molar-refractivity contribution >= 4 is 11.6 Å². The van der Waals surface area contributed by atoms with Crippen molar-refractivity contribution in [2.75, 3.05) is 6.54 Å². The quantitative estimate of drug-likeness (QED) is 0.916. The molecule has 1 amide bonds. The predicted octanol–water partition coefficient (Wildman–Crippen LogP) is 1.85. The van der Waals surface area contributed by atoms with Gasteiger partial charge >= 0.3 is 0 Å². The Hall–Kier alpha value is -2.63. The molecule has 0 saturated heterocycles. The van der Waals surface area contributed by atoms with Crippen LogP contribution in [0.25, 0.3) is 0 Å². The fourth-order valence-electron chi connectivity index (χ4n) is 2.68. The average molecular weight is 312 g/mol. The van der Waals surface area contributed by atoms with Gasteiger partial charge in [0.1, 0.15) is 6.10 Å². The van der Waals surface area contributed by atoms with Crippen LogP contribution in [-0.2, 0) is 18.3 Å². The number of aromatic nitrogens is 2. The third kappa shape index (κ3) is 3.77. The van der Waals surface area contributed by atoms with E-state index >= 15 is 0 Å². The van der Waals surface area contributed by atoms with E-state index < -0.39 is 0 Å². The number of nitrogens with zero attached hydrogens (tertiary/aromatic N) is 3. The number of rotatable bonds is 5. The van der Waals surface area contributed by atoms with Gasteiger partial charge in [0.05, 0.1) is 23.5 Å². The van der Waals surface area contributed by atoms with Crippen molar-refractivity contribution < 1.29 is 9.63 Å². The van der Waals surface area contributed by atoms with Crippen molar-refractivity contribution in [1.29, 1.82) is 0 Å². The molecule has 0 fully saturated rings. The fraction of sp³-hybridized carbons (Fsp3) is 0.353. The van der Waals surface area contributed by atoms with Gasteiger partial charge in [0, 0.05) is 26.1 Å². The predicted molar refractivity (Wildman–Crippen MR) is 87.3 cm³/mol. The van der Waals surface area contributed by atoms with Gasteiger partial charge in [0.2, 0.25) is 0 Å². The monoisotopic (exact) mass is 312 g/mol. The Morgan fingerprint density at radius 1 is 1.39 bits per heavy atom. The minimum Gasteiger partial charge on any atom is -0.392 e. The maximum atomic E-state index is 12.1. The van der Waals surface area contributed by atoms with Gasteiger partial charge < -0.3 is 10.2 Å². The Balaban J connectivity index is 1.48. The second kappa shape index (κ2) is 6.64. The van der Waals surface area contributed by atoms with Crippen molar-refractivity contribution in [2.45, 2.75) is 25.9 Å². The Kier molecular flexibility index (Phi) is 4.41. The molecule has 1 unspecified atom stereocenters. The van der Waals surface area contributed by atoms with E-state index in [1.54, 1.807) is 17.9 Å². The number of nitrogens with one attached hydrogen (secondary N) is 1. The third-order valence-corrected chi connectivity index (χ3v) is 3.81. The highest BCUT2D eigenvalue weighted by atomic mass is 16.6. The molecule has 0 saturated carbocycles. The van der Waals surface area contributed by atoms with Gasteiger partial charge in [0.15, 0.2) is 0 Å². The topological polar surface area (TPSA) is 68.5 Å². The van der Waals surface area contributed by atoms with Gasteiger partial charge in [-0.3, -0.25) is 9.48 Å². The van der Waals surface area contributed by atoms with Crippen molar-refractivity contribution in [1.82, 2.24) is 15.1 Å². The summed E-state index contributed by atoms with van der Waals surface area (Å²) >= 11 is 0. The molecule has 0 spiro atoms. The lowest BCUT2D eigenvalue weighted by atomic mass is 10.0. The summed E-state index contributed by atoms with van der Waals surface area (Å²) in [6.07, 6.45) is 3.32. The minimum absolute atomic E-state index is 0.0458. The normalized spacial score (nSPS) is 16.8. The molecule has 1 atom stereocenters. The van der Waals surface area contributed by atoms with Crippen LogP contribution in [0.4, 0.5) is 0 Å². The van der Waals surface area contributed by atoms with E-state index in [4.69, 9.17) is 4.84 Å². The third-order valence-electron chi connectivity index (χ3n) is 3.81. The zero-order valence-electron chi connectivity index (χ0n) is 13.3. The molecule has 6 heteroatoms. The van der Waals surface area contributed by atoms with E-state index in [-0.39, 0.29) is 12.0 Å². The highest BCUT2D eigenvalue weighted by molar-refractivity contribution is 5.98. The highest BCUT2D eigenvalue weighted by Crippen LogP contribution is 2.15. The molecule has 0 aliphatic carbocycles. The molecule has 2 aromatic rings. The second-order valence-electron chi connectivity index (χ2n) is 5.76. The summed E-state index contributed by atoms with van der Waals surface area (Å²) in [5.74, 6) is -0.134. The Bertz CT molecular complexity index is 721. The molecule has 1 aromatic heterocycles. The lowest BCUT2D eigenvalue weighted by Gasteiger charge is -2.07. The van der Waals surface area contributed by atoms with Crippen molar-refractivity contribution in [3.05, 3.63) is 53.3 Å². The first-order valence-corrected chi connectivity index (χ1v) is 7.66. The van der Waals surface area contributed by atoms with E-state index in [0.717, 1.165) is 24.2 Å². The minimum atomic E-state index is -0.134. The smallest absolute Gasteiger partial charge is 0.255 e. The first-order chi connectivity index (χ1) is 11.1. The number of carbonyl (C=O) groups excluding carboxylic acids is 1. The summed E-state index contributed by atoms with van der Waals surface area (Å²) in [5.41, 5.74) is 3.40. The first kappa shape index (κ1) is 15.3. The van der Waals surface area contributed by atoms with Crippen molar-refractivity contribution in [2.24, 2.45) is 12.2 Å². The molecule has 1 aliphatic heterocycles. The molecule has 1 N–H and O–H groups in total. The summed E-state index contributed by atoms with van der Waals surface area (Å²) in [6, 6.07) is 10.2. The van der Waals surface area contributed by atoms with Crippen LogP contribution in [0.3, 0.4) is 0 Å². The largest absolute Gasteiger partial charge is 0.392 e. The summed E-state index contributed by atoms with van der Waals surface area (Å²) in [7, 11) is 1.80. The van der Waals surface area contributed by atoms with E-state index in [2.05, 4.69) is 27.7 Å². The molecule has 0 bridgehead atoms. The second-order valence-corrected chi connectivity index (χ2v) is 5.76. The lowest BCUT2D eigenvalue weighted by Crippen LogP contribution is -2.29. The van der Waals surface area contributed by atoms with Gasteiger partial charge in [-0.25, -0.2) is 0 Å². The van der Waals surface area contributed by atoms with E-state index in [1.807, 2.05) is 25.1 Å². The zero-order valence-corrected chi connectivity index (χ0v) is 13.3. The van der Waals surface area contributed by atoms with Crippen LogP contribution in [-0.4, -0.2) is 34.0 Å². The van der Waals surface area contributed by atoms with Crippen molar-refractivity contribution in [3.8, 4) is 0 Å². The highest BCUT2D eigenvalue weighted by Gasteiger charge is 2.22. The zero-order chi connectivity index (χ0) is 16.2. The molecule has 120 valence electrons. The molecule has 1 aliphatic rings. The molecule has 3 rings (SSSR count). The SMILES string of the molecule is Cc1nn(C)cc1C(=O)NCC1=NOC(Cc2ccccc2)C1. The average Bonchev–Trinajstić information content (AvgIpc) is 3.12. The number of hydrogen-bond donors (Lipinski definition) is 1. The van der Waals surface area contributed by atoms with Crippen LogP contribution >= 0.6 is 0 Å². The Morgan fingerprint density at radius 3 is 2.87 bits per heavy atom. The van der Waals surface area contributed by atoms with Crippen molar-refractivity contribution in [3.63, 3.8) is 0 Å². The summed E-state index contributed by atoms with van der Waals surface area (Å²) in [6.45, 7) is 2.22. The summed E-state index contributed by atoms with van der Waals surface area (Å²) < 4.78 is 1.64. The molecule has 1 aromatic carbocycles. The van der Waals surface area contributed by atoms with E-state index in [9.17, 15) is 4.79 Å². The lowest BCUT2D eigenvalue weighted by molar-refractivity contribution is 0.0859. The van der Waals surface area contributed by atoms with Gasteiger partial charge in [-0.05, 0) is 12.5 Å². The van der Waals surface area contributed by atoms with Gasteiger partial charge in [0.25, 0.3) is 5.91 Å². The molecular formula is C17H20N4O2. The number of amides is 1. The number of aryl methyl sites for hydroxylation is 2. The van der Waals surface area contributed by atoms with Crippen LogP contribution in [0.5, 0.6) is 0 Å². The van der Waals surface area contributed by atoms with E-state index in [1.165, 1.54) is 5.56 Å². The van der Waals surface area contributed by atoms with E-state index in [0.29, 0.717) is 12.1 Å². The van der Waals surface area contributed by atoms with Gasteiger partial charge in [-0.2, -0.15) is 5.10 Å². The maximum absolute atomic E-state index is 12.1. The van der Waals surface area contributed by atoms with Crippen LogP contribution < -0.4 is 5.32 Å². The number of oxime groups is 1. The molecule has 0 radical (unpaired) electrons. The maximum Gasteiger partial charge on any atom is 0.255 e. The Morgan fingerprint density at radius 2 is 2.17 bits per heavy atom. The number of carbonyl (C=O) groups is 1. The van der Waals surface area contributed by atoms with Crippen LogP contribution in [0, 0.1) is 6.92 Å². The van der Waals surface area contributed by atoms with Crippen LogP contribution in [0.2, 0.25) is 0 Å². The molecule has 6 nitrogen and oxygen atoms in total. The van der Waals surface area contributed by atoms with Gasteiger partial charge in [-0.15, -0.1) is 0 Å². The molecule has 23 heavy (non-hydrogen) atoms. The van der Waals surface area contributed by atoms with Crippen LogP contribution in [0.15, 0.2) is 41.7 Å². The molecular weight excluding hydrogens is 292 g/mol. The van der Waals surface area contributed by atoms with Gasteiger partial charge in [-0.1, -0.05) is 35.5 Å². The van der Waals surface area contributed by atoms with Crippen LogP contribution in [0.1, 0.15) is 28.0 Å². The Labute approximate surface area is 135 Å².